The molecule has 0 amide bonds. The first kappa shape index (κ1) is 28.8. The first-order valence-corrected chi connectivity index (χ1v) is 13.7. The van der Waals surface area contributed by atoms with Crippen LogP contribution in [0.15, 0.2) is 72.4 Å². The van der Waals surface area contributed by atoms with Gasteiger partial charge in [-0.3, -0.25) is 0 Å². The number of carbonyl (C=O) groups excluding carboxylic acids is 1. The standard InChI is InChI=1S/C30H43O5P/c1-22-16-17-32-27(19-22)12-4-9-26-10-6-14-29(35-36)21-24(3)18-23(2)20-28-13-5-8-25(33-28)11-7-15-30(31)34-26/h4-8,12,14-16,23,25-29H,3,9-11,13,17-21,36H2,1-2H3/b12-4+,14-6+,15-7-/t23-,25-,26+,27+,28-,29?/m0/s1. The zero-order valence-corrected chi connectivity index (χ0v) is 23.0. The first-order chi connectivity index (χ1) is 17.4. The Kier molecular flexibility index (Phi) is 12.4. The van der Waals surface area contributed by atoms with Crippen molar-refractivity contribution >= 4 is 15.4 Å². The molecule has 0 N–H and O–H groups in total. The van der Waals surface area contributed by atoms with E-state index < -0.39 is 0 Å². The monoisotopic (exact) mass is 514 g/mol. The fourth-order valence-corrected chi connectivity index (χ4v) is 5.11. The van der Waals surface area contributed by atoms with Crippen LogP contribution in [0.3, 0.4) is 0 Å². The Morgan fingerprint density at radius 2 is 1.97 bits per heavy atom. The molecule has 0 fully saturated rings. The van der Waals surface area contributed by atoms with E-state index in [1.54, 1.807) is 0 Å². The van der Waals surface area contributed by atoms with E-state index in [2.05, 4.69) is 66.3 Å². The summed E-state index contributed by atoms with van der Waals surface area (Å²) < 4.78 is 23.5. The van der Waals surface area contributed by atoms with Crippen LogP contribution in [0.4, 0.5) is 0 Å². The summed E-state index contributed by atoms with van der Waals surface area (Å²) >= 11 is 0. The van der Waals surface area contributed by atoms with Crippen LogP contribution in [-0.4, -0.2) is 43.1 Å². The van der Waals surface area contributed by atoms with E-state index >= 15 is 0 Å². The molecule has 0 saturated heterocycles. The maximum absolute atomic E-state index is 12.6. The molecule has 6 heteroatoms. The van der Waals surface area contributed by atoms with Gasteiger partial charge in [-0.05, 0) is 51.4 Å². The lowest BCUT2D eigenvalue weighted by Gasteiger charge is -2.28. The summed E-state index contributed by atoms with van der Waals surface area (Å²) in [6, 6.07) is 0. The summed E-state index contributed by atoms with van der Waals surface area (Å²) in [5, 5.41) is 0. The molecule has 0 aromatic rings. The van der Waals surface area contributed by atoms with Gasteiger partial charge in [-0.1, -0.05) is 73.3 Å². The zero-order chi connectivity index (χ0) is 25.8. The highest BCUT2D eigenvalue weighted by Gasteiger charge is 2.21. The van der Waals surface area contributed by atoms with Crippen molar-refractivity contribution in [3.05, 3.63) is 72.4 Å². The van der Waals surface area contributed by atoms with Crippen molar-refractivity contribution in [1.82, 2.24) is 0 Å². The van der Waals surface area contributed by atoms with Gasteiger partial charge in [-0.2, -0.15) is 0 Å². The van der Waals surface area contributed by atoms with Crippen LogP contribution < -0.4 is 0 Å². The highest BCUT2D eigenvalue weighted by atomic mass is 31.0. The van der Waals surface area contributed by atoms with Crippen LogP contribution in [-0.2, 0) is 23.5 Å². The third-order valence-corrected chi connectivity index (χ3v) is 7.10. The average Bonchev–Trinajstić information content (AvgIpc) is 2.83. The van der Waals surface area contributed by atoms with E-state index in [1.807, 2.05) is 12.2 Å². The average molecular weight is 515 g/mol. The summed E-state index contributed by atoms with van der Waals surface area (Å²) in [6.07, 6.45) is 24.4. The second-order valence-corrected chi connectivity index (χ2v) is 10.6. The summed E-state index contributed by atoms with van der Waals surface area (Å²) in [6.45, 7) is 9.34. The minimum Gasteiger partial charge on any atom is -0.459 e. The van der Waals surface area contributed by atoms with Crippen LogP contribution in [0.1, 0.15) is 65.2 Å². The van der Waals surface area contributed by atoms with Crippen LogP contribution in [0.5, 0.6) is 0 Å². The number of ether oxygens (including phenoxy) is 3. The molecule has 0 spiro atoms. The van der Waals surface area contributed by atoms with Gasteiger partial charge < -0.3 is 18.7 Å². The van der Waals surface area contributed by atoms with Crippen molar-refractivity contribution in [3.63, 3.8) is 0 Å². The first-order valence-electron chi connectivity index (χ1n) is 13.2. The SMILES string of the molecule is C=C1CC(OP)/C=C/C[C@@H](C/C=C/[C@@H]2CC(C)=CCO2)OC(=O)/C=C\C[C@@H]2C=CC[C@@H](C[C@@H](C)C1)O2. The summed E-state index contributed by atoms with van der Waals surface area (Å²) in [7, 11) is 2.37. The molecule has 2 bridgehead atoms. The van der Waals surface area contributed by atoms with E-state index in [9.17, 15) is 4.79 Å². The minimum absolute atomic E-state index is 0.00774. The number of hydrogen-bond donors (Lipinski definition) is 0. The Morgan fingerprint density at radius 1 is 1.14 bits per heavy atom. The molecule has 3 heterocycles. The predicted octanol–water partition coefficient (Wildman–Crippen LogP) is 6.74. The molecule has 0 aliphatic carbocycles. The Balaban J connectivity index is 1.67. The molecule has 0 aromatic heterocycles. The second kappa shape index (κ2) is 15.5. The number of cyclic esters (lactones) is 1. The number of fused-ring (bicyclic) bond motifs is 2. The lowest BCUT2D eigenvalue weighted by atomic mass is 9.91. The fraction of sp³-hybridized carbons (Fsp3) is 0.567. The Labute approximate surface area is 219 Å². The van der Waals surface area contributed by atoms with Crippen molar-refractivity contribution in [2.75, 3.05) is 6.61 Å². The van der Waals surface area contributed by atoms with Crippen molar-refractivity contribution in [2.45, 2.75) is 95.7 Å². The summed E-state index contributed by atoms with van der Waals surface area (Å²) in [4.78, 5) is 12.6. The number of rotatable bonds is 4. The van der Waals surface area contributed by atoms with Gasteiger partial charge in [-0.25, -0.2) is 4.79 Å². The summed E-state index contributed by atoms with van der Waals surface area (Å²) in [5.41, 5.74) is 2.52. The van der Waals surface area contributed by atoms with Gasteiger partial charge in [0.15, 0.2) is 0 Å². The van der Waals surface area contributed by atoms with E-state index in [0.717, 1.165) is 32.1 Å². The molecular formula is C30H43O5P. The van der Waals surface area contributed by atoms with Gasteiger partial charge in [0.2, 0.25) is 0 Å². The maximum Gasteiger partial charge on any atom is 0.330 e. The molecule has 198 valence electrons. The normalized spacial score (nSPS) is 34.9. The highest BCUT2D eigenvalue weighted by Crippen LogP contribution is 2.26. The molecule has 5 nitrogen and oxygen atoms in total. The van der Waals surface area contributed by atoms with E-state index in [1.165, 1.54) is 17.2 Å². The lowest BCUT2D eigenvalue weighted by Crippen LogP contribution is -2.25. The van der Waals surface area contributed by atoms with Crippen LogP contribution in [0.25, 0.3) is 0 Å². The molecular weight excluding hydrogens is 471 g/mol. The van der Waals surface area contributed by atoms with Crippen molar-refractivity contribution in [1.29, 1.82) is 0 Å². The number of hydrogen-bond acceptors (Lipinski definition) is 5. The highest BCUT2D eigenvalue weighted by molar-refractivity contribution is 7.09. The van der Waals surface area contributed by atoms with E-state index in [4.69, 9.17) is 18.7 Å². The quantitative estimate of drug-likeness (QED) is 0.236. The van der Waals surface area contributed by atoms with Crippen LogP contribution in [0.2, 0.25) is 0 Å². The van der Waals surface area contributed by atoms with Gasteiger partial charge in [0.25, 0.3) is 0 Å². The molecule has 0 aromatic carbocycles. The molecule has 3 rings (SSSR count). The zero-order valence-electron chi connectivity index (χ0n) is 21.8. The predicted molar refractivity (Wildman–Crippen MR) is 148 cm³/mol. The van der Waals surface area contributed by atoms with Crippen molar-refractivity contribution in [3.8, 4) is 0 Å². The van der Waals surface area contributed by atoms with Gasteiger partial charge >= 0.3 is 5.97 Å². The van der Waals surface area contributed by atoms with Gasteiger partial charge in [0, 0.05) is 28.4 Å². The largest absolute Gasteiger partial charge is 0.459 e. The molecule has 0 radical (unpaired) electrons. The molecule has 36 heavy (non-hydrogen) atoms. The number of esters is 1. The lowest BCUT2D eigenvalue weighted by molar-refractivity contribution is -0.142. The van der Waals surface area contributed by atoms with Crippen LogP contribution in [0, 0.1) is 5.92 Å². The Morgan fingerprint density at radius 3 is 2.78 bits per heavy atom. The van der Waals surface area contributed by atoms with E-state index in [-0.39, 0.29) is 36.5 Å². The third kappa shape index (κ3) is 10.7. The maximum atomic E-state index is 12.6. The van der Waals surface area contributed by atoms with Crippen LogP contribution >= 0.6 is 9.47 Å². The molecule has 3 aliphatic heterocycles. The van der Waals surface area contributed by atoms with Gasteiger partial charge in [0.1, 0.15) is 6.10 Å². The Bertz CT molecular complexity index is 871. The molecule has 7 atom stereocenters. The minimum atomic E-state index is -0.326. The van der Waals surface area contributed by atoms with E-state index in [0.29, 0.717) is 31.8 Å². The fourth-order valence-electron chi connectivity index (χ4n) is 4.93. The Hall–Kier alpha value is -1.78. The van der Waals surface area contributed by atoms with Gasteiger partial charge in [-0.15, -0.1) is 0 Å². The smallest absolute Gasteiger partial charge is 0.330 e. The second-order valence-electron chi connectivity index (χ2n) is 10.3. The van der Waals surface area contributed by atoms with Crippen molar-refractivity contribution < 1.29 is 23.5 Å². The number of carbonyl (C=O) groups is 1. The molecule has 2 unspecified atom stereocenters. The third-order valence-electron chi connectivity index (χ3n) is 6.75. The summed E-state index contributed by atoms with van der Waals surface area (Å²) in [5.74, 6) is 0.157. The molecule has 0 saturated carbocycles. The van der Waals surface area contributed by atoms with Gasteiger partial charge in [0.05, 0.1) is 31.0 Å². The topological polar surface area (TPSA) is 54.0 Å². The van der Waals surface area contributed by atoms with Crippen molar-refractivity contribution in [2.24, 2.45) is 5.92 Å². The molecule has 3 aliphatic rings.